The van der Waals surface area contributed by atoms with Crippen molar-refractivity contribution in [3.8, 4) is 0 Å². The van der Waals surface area contributed by atoms with Crippen molar-refractivity contribution in [2.24, 2.45) is 0 Å². The Labute approximate surface area is 114 Å². The van der Waals surface area contributed by atoms with Gasteiger partial charge in [-0.25, -0.2) is 0 Å². The molecule has 0 aliphatic heterocycles. The third-order valence-electron chi connectivity index (χ3n) is 2.17. The van der Waals surface area contributed by atoms with Gasteiger partial charge in [0.2, 0.25) is 0 Å². The number of hydrogen-bond acceptors (Lipinski definition) is 0. The predicted octanol–water partition coefficient (Wildman–Crippen LogP) is 6.19. The molecule has 0 aliphatic rings. The van der Waals surface area contributed by atoms with Gasteiger partial charge in [0.25, 0.3) is 0 Å². The summed E-state index contributed by atoms with van der Waals surface area (Å²) in [7, 11) is 0. The van der Waals surface area contributed by atoms with Crippen molar-refractivity contribution >= 4 is 5.57 Å². The van der Waals surface area contributed by atoms with Crippen LogP contribution < -0.4 is 0 Å². The lowest BCUT2D eigenvalue weighted by atomic mass is 9.98. The van der Waals surface area contributed by atoms with Gasteiger partial charge < -0.3 is 0 Å². The number of rotatable bonds is 4. The van der Waals surface area contributed by atoms with Crippen LogP contribution in [0.25, 0.3) is 5.57 Å². The topological polar surface area (TPSA) is 0 Å². The second-order valence-electron chi connectivity index (χ2n) is 3.24. The molecule has 0 radical (unpaired) electrons. The molecular formula is C18H28. The molecule has 0 nitrogen and oxygen atoms in total. The van der Waals surface area contributed by atoms with Crippen molar-refractivity contribution in [2.45, 2.75) is 41.0 Å². The third-order valence-corrected chi connectivity index (χ3v) is 2.17. The Kier molecular flexibility index (Phi) is 14.1. The lowest BCUT2D eigenvalue weighted by molar-refractivity contribution is 1.34. The van der Waals surface area contributed by atoms with Crippen molar-refractivity contribution in [1.29, 1.82) is 0 Å². The van der Waals surface area contributed by atoms with Crippen LogP contribution in [0.1, 0.15) is 45.2 Å². The zero-order valence-corrected chi connectivity index (χ0v) is 12.7. The van der Waals surface area contributed by atoms with Crippen LogP contribution >= 0.6 is 0 Å². The smallest absolute Gasteiger partial charge is 0.00941 e. The zero-order chi connectivity index (χ0) is 14.4. The van der Waals surface area contributed by atoms with Gasteiger partial charge in [-0.1, -0.05) is 76.8 Å². The molecule has 0 saturated heterocycles. The normalized spacial score (nSPS) is 9.28. The molecule has 0 unspecified atom stereocenters. The van der Waals surface area contributed by atoms with Gasteiger partial charge in [-0.15, -0.1) is 6.58 Å². The Balaban J connectivity index is 0. The van der Waals surface area contributed by atoms with E-state index in [4.69, 9.17) is 0 Å². The first kappa shape index (κ1) is 18.8. The minimum absolute atomic E-state index is 0.886. The predicted molar refractivity (Wildman–Crippen MR) is 86.9 cm³/mol. The van der Waals surface area contributed by atoms with Gasteiger partial charge in [-0.2, -0.15) is 0 Å². The van der Waals surface area contributed by atoms with E-state index in [0.29, 0.717) is 0 Å². The summed E-state index contributed by atoms with van der Waals surface area (Å²) in [5, 5.41) is 0. The van der Waals surface area contributed by atoms with Crippen LogP contribution in [0.5, 0.6) is 0 Å². The molecule has 0 fully saturated rings. The molecule has 0 heteroatoms. The van der Waals surface area contributed by atoms with Crippen molar-refractivity contribution in [3.05, 3.63) is 66.8 Å². The maximum Gasteiger partial charge on any atom is -0.00941 e. The SMILES string of the molecule is C=C/C=C(/CC=C)c1ccccc1C.CC.CC. The molecule has 0 aliphatic carbocycles. The van der Waals surface area contributed by atoms with E-state index < -0.39 is 0 Å². The highest BCUT2D eigenvalue weighted by Gasteiger charge is 2.00. The first-order valence-corrected chi connectivity index (χ1v) is 6.78. The fraction of sp³-hybridized carbons (Fsp3) is 0.333. The van der Waals surface area contributed by atoms with Crippen molar-refractivity contribution < 1.29 is 0 Å². The Hall–Kier alpha value is -1.56. The third kappa shape index (κ3) is 6.90. The van der Waals surface area contributed by atoms with Crippen LogP contribution in [0.15, 0.2) is 55.7 Å². The summed E-state index contributed by atoms with van der Waals surface area (Å²) in [5.41, 5.74) is 3.85. The summed E-state index contributed by atoms with van der Waals surface area (Å²) >= 11 is 0. The van der Waals surface area contributed by atoms with E-state index in [1.54, 1.807) is 0 Å². The summed E-state index contributed by atoms with van der Waals surface area (Å²) in [6.45, 7) is 17.6. The number of benzene rings is 1. The number of aryl methyl sites for hydroxylation is 1. The maximum atomic E-state index is 3.76. The fourth-order valence-corrected chi connectivity index (χ4v) is 1.50. The van der Waals surface area contributed by atoms with Crippen molar-refractivity contribution in [3.63, 3.8) is 0 Å². The van der Waals surface area contributed by atoms with Gasteiger partial charge in [0.15, 0.2) is 0 Å². The largest absolute Gasteiger partial charge is 0.103 e. The average Bonchev–Trinajstić information content (AvgIpc) is 2.44. The molecule has 18 heavy (non-hydrogen) atoms. The highest BCUT2D eigenvalue weighted by Crippen LogP contribution is 2.21. The highest BCUT2D eigenvalue weighted by atomic mass is 14.1. The summed E-state index contributed by atoms with van der Waals surface area (Å²) in [5.74, 6) is 0. The van der Waals surface area contributed by atoms with E-state index in [1.807, 2.05) is 45.9 Å². The molecular weight excluding hydrogens is 216 g/mol. The van der Waals surface area contributed by atoms with Gasteiger partial charge in [0.05, 0.1) is 0 Å². The molecule has 0 aromatic heterocycles. The average molecular weight is 244 g/mol. The molecule has 100 valence electrons. The van der Waals surface area contributed by atoms with Crippen LogP contribution in [0.3, 0.4) is 0 Å². The monoisotopic (exact) mass is 244 g/mol. The van der Waals surface area contributed by atoms with Gasteiger partial charge in [0.1, 0.15) is 0 Å². The molecule has 0 saturated carbocycles. The Morgan fingerprint density at radius 2 is 1.61 bits per heavy atom. The van der Waals surface area contributed by atoms with Gasteiger partial charge >= 0.3 is 0 Å². The van der Waals surface area contributed by atoms with Crippen LogP contribution in [-0.2, 0) is 0 Å². The molecule has 0 N–H and O–H groups in total. The van der Waals surface area contributed by atoms with E-state index in [0.717, 1.165) is 6.42 Å². The molecule has 1 rings (SSSR count). The molecule has 1 aromatic rings. The van der Waals surface area contributed by atoms with Crippen LogP contribution in [-0.4, -0.2) is 0 Å². The fourth-order valence-electron chi connectivity index (χ4n) is 1.50. The summed E-state index contributed by atoms with van der Waals surface area (Å²) < 4.78 is 0. The first-order valence-electron chi connectivity index (χ1n) is 6.78. The van der Waals surface area contributed by atoms with Crippen LogP contribution in [0.2, 0.25) is 0 Å². The lowest BCUT2D eigenvalue weighted by Crippen LogP contribution is -1.87. The molecule has 0 atom stereocenters. The highest BCUT2D eigenvalue weighted by molar-refractivity contribution is 5.70. The van der Waals surface area contributed by atoms with E-state index in [9.17, 15) is 0 Å². The van der Waals surface area contributed by atoms with E-state index >= 15 is 0 Å². The minimum atomic E-state index is 0.886. The zero-order valence-electron chi connectivity index (χ0n) is 12.7. The first-order chi connectivity index (χ1) is 8.79. The van der Waals surface area contributed by atoms with E-state index in [2.05, 4.69) is 44.3 Å². The minimum Gasteiger partial charge on any atom is -0.103 e. The maximum absolute atomic E-state index is 3.76. The standard InChI is InChI=1S/C14H16.2C2H6/c1-4-8-13(9-5-2)14-11-7-6-10-12(14)3;2*1-2/h4-8,10-11H,1-2,9H2,3H3;2*1-2H3/b13-8-;;. The number of allylic oxidation sites excluding steroid dienone is 4. The second kappa shape index (κ2) is 13.5. The summed E-state index contributed by atoms with van der Waals surface area (Å²) in [4.78, 5) is 0. The van der Waals surface area contributed by atoms with Crippen molar-refractivity contribution in [2.75, 3.05) is 0 Å². The second-order valence-corrected chi connectivity index (χ2v) is 3.24. The summed E-state index contributed by atoms with van der Waals surface area (Å²) in [6, 6.07) is 8.37. The quantitative estimate of drug-likeness (QED) is 0.437. The van der Waals surface area contributed by atoms with Gasteiger partial charge in [-0.05, 0) is 30.0 Å². The van der Waals surface area contributed by atoms with Gasteiger partial charge in [0, 0.05) is 0 Å². The van der Waals surface area contributed by atoms with E-state index in [-0.39, 0.29) is 0 Å². The molecule has 1 aromatic carbocycles. The Morgan fingerprint density at radius 1 is 1.06 bits per heavy atom. The van der Waals surface area contributed by atoms with E-state index in [1.165, 1.54) is 16.7 Å². The lowest BCUT2D eigenvalue weighted by Gasteiger charge is -2.07. The summed E-state index contributed by atoms with van der Waals surface area (Å²) in [6.07, 6.45) is 6.67. The Bertz CT molecular complexity index is 356. The molecule has 0 bridgehead atoms. The molecule has 0 spiro atoms. The Morgan fingerprint density at radius 3 is 2.06 bits per heavy atom. The molecule has 0 amide bonds. The van der Waals surface area contributed by atoms with Crippen LogP contribution in [0, 0.1) is 6.92 Å². The van der Waals surface area contributed by atoms with Gasteiger partial charge in [-0.3, -0.25) is 0 Å². The molecule has 0 heterocycles. The van der Waals surface area contributed by atoms with Crippen LogP contribution in [0.4, 0.5) is 0 Å². The van der Waals surface area contributed by atoms with Crippen molar-refractivity contribution in [1.82, 2.24) is 0 Å². The number of hydrogen-bond donors (Lipinski definition) is 0.